The molecule has 0 saturated carbocycles. The third kappa shape index (κ3) is 2.76. The molecule has 0 aliphatic heterocycles. The number of hydrogen-bond donors (Lipinski definition) is 2. The molecule has 0 radical (unpaired) electrons. The molecule has 2 rings (SSSR count). The number of halogens is 4. The summed E-state index contributed by atoms with van der Waals surface area (Å²) in [6, 6.07) is 1.94. The molecular formula is C14H14F4N4. The first-order valence-corrected chi connectivity index (χ1v) is 6.41. The van der Waals surface area contributed by atoms with Crippen LogP contribution in [0.3, 0.4) is 0 Å². The van der Waals surface area contributed by atoms with Gasteiger partial charge in [0.25, 0.3) is 6.43 Å². The Kier molecular flexibility index (Phi) is 4.39. The molecule has 0 fully saturated rings. The van der Waals surface area contributed by atoms with E-state index in [1.165, 1.54) is 4.57 Å². The number of hydrogen-bond acceptors (Lipinski definition) is 3. The monoisotopic (exact) mass is 314 g/mol. The summed E-state index contributed by atoms with van der Waals surface area (Å²) in [5, 5.41) is 0. The normalized spacial score (nSPS) is 13.4. The van der Waals surface area contributed by atoms with Gasteiger partial charge in [0.1, 0.15) is 5.82 Å². The van der Waals surface area contributed by atoms with Crippen LogP contribution < -0.4 is 11.5 Å². The van der Waals surface area contributed by atoms with E-state index in [4.69, 9.17) is 11.5 Å². The summed E-state index contributed by atoms with van der Waals surface area (Å²) in [6.45, 7) is 2.11. The van der Waals surface area contributed by atoms with E-state index in [1.54, 1.807) is 6.92 Å². The lowest BCUT2D eigenvalue weighted by atomic mass is 10.2. The number of allylic oxidation sites excluding steroid dienone is 3. The Balaban J connectivity index is 2.66. The molecule has 0 aliphatic rings. The lowest BCUT2D eigenvalue weighted by Crippen LogP contribution is -2.09. The van der Waals surface area contributed by atoms with Gasteiger partial charge in [0.2, 0.25) is 0 Å². The zero-order valence-electron chi connectivity index (χ0n) is 11.7. The molecular weight excluding hydrogens is 300 g/mol. The Hall–Kier alpha value is -2.51. The number of fused-ring (bicyclic) bond motifs is 1. The van der Waals surface area contributed by atoms with E-state index in [2.05, 4.69) is 4.98 Å². The number of nitrogens with two attached hydrogens (primary N) is 2. The maximum atomic E-state index is 13.4. The topological polar surface area (TPSA) is 69.9 Å². The summed E-state index contributed by atoms with van der Waals surface area (Å²) >= 11 is 0. The fourth-order valence-electron chi connectivity index (χ4n) is 2.09. The molecule has 0 bridgehead atoms. The maximum absolute atomic E-state index is 13.4. The molecule has 1 heterocycles. The highest BCUT2D eigenvalue weighted by atomic mass is 19.3. The van der Waals surface area contributed by atoms with Crippen molar-refractivity contribution < 1.29 is 17.6 Å². The Bertz CT molecular complexity index is 762. The number of benzene rings is 1. The van der Waals surface area contributed by atoms with Crippen LogP contribution in [0.5, 0.6) is 0 Å². The Morgan fingerprint density at radius 3 is 2.50 bits per heavy atom. The van der Waals surface area contributed by atoms with Crippen molar-refractivity contribution in [1.82, 2.24) is 9.55 Å². The van der Waals surface area contributed by atoms with Crippen molar-refractivity contribution in [2.75, 3.05) is 0 Å². The molecule has 0 saturated heterocycles. The number of aryl methyl sites for hydroxylation is 1. The molecule has 4 N–H and O–H groups in total. The van der Waals surface area contributed by atoms with Crippen molar-refractivity contribution in [3.63, 3.8) is 0 Å². The van der Waals surface area contributed by atoms with Gasteiger partial charge in [-0.15, -0.1) is 0 Å². The molecule has 0 unspecified atom stereocenters. The molecule has 4 nitrogen and oxygen atoms in total. The van der Waals surface area contributed by atoms with Crippen LogP contribution in [0.4, 0.5) is 17.6 Å². The molecule has 118 valence electrons. The SMILES string of the molecule is CCn1c(C(/C=C(\N)C(F)F)=C/N)nc2cc(F)c(F)cc21. The largest absolute Gasteiger partial charge is 0.404 e. The maximum Gasteiger partial charge on any atom is 0.277 e. The first kappa shape index (κ1) is 15.9. The summed E-state index contributed by atoms with van der Waals surface area (Å²) in [4.78, 5) is 4.13. The van der Waals surface area contributed by atoms with Crippen molar-refractivity contribution in [2.24, 2.45) is 11.5 Å². The van der Waals surface area contributed by atoms with Gasteiger partial charge >= 0.3 is 0 Å². The highest BCUT2D eigenvalue weighted by Crippen LogP contribution is 2.25. The summed E-state index contributed by atoms with van der Waals surface area (Å²) in [7, 11) is 0. The number of alkyl halides is 2. The smallest absolute Gasteiger partial charge is 0.277 e. The number of rotatable bonds is 4. The van der Waals surface area contributed by atoms with Crippen molar-refractivity contribution in [1.29, 1.82) is 0 Å². The molecule has 0 spiro atoms. The van der Waals surface area contributed by atoms with Crippen molar-refractivity contribution in [3.05, 3.63) is 47.6 Å². The predicted molar refractivity (Wildman–Crippen MR) is 75.8 cm³/mol. The molecule has 0 atom stereocenters. The molecule has 1 aromatic heterocycles. The minimum absolute atomic E-state index is 0.136. The number of nitrogens with zero attached hydrogens (tertiary/aromatic N) is 2. The van der Waals surface area contributed by atoms with E-state index >= 15 is 0 Å². The third-order valence-corrected chi connectivity index (χ3v) is 3.12. The van der Waals surface area contributed by atoms with Gasteiger partial charge in [-0.2, -0.15) is 0 Å². The predicted octanol–water partition coefficient (Wildman–Crippen LogP) is 2.74. The number of aromatic nitrogens is 2. The van der Waals surface area contributed by atoms with Crippen molar-refractivity contribution in [2.45, 2.75) is 19.9 Å². The van der Waals surface area contributed by atoms with Crippen LogP contribution in [0.2, 0.25) is 0 Å². The standard InChI is InChI=1S/C14H14F4N4/c1-2-22-12-5-9(16)8(15)4-11(12)21-14(22)7(6-19)3-10(20)13(17)18/h3-6,13H,2,19-20H2,1H3/b7-6+,10-3-. The zero-order chi connectivity index (χ0) is 16.4. The van der Waals surface area contributed by atoms with E-state index in [0.29, 0.717) is 12.1 Å². The molecule has 1 aromatic carbocycles. The minimum atomic E-state index is -2.84. The molecule has 22 heavy (non-hydrogen) atoms. The van der Waals surface area contributed by atoms with Crippen LogP contribution >= 0.6 is 0 Å². The van der Waals surface area contributed by atoms with Gasteiger partial charge in [-0.1, -0.05) is 0 Å². The summed E-state index contributed by atoms with van der Waals surface area (Å²) in [5.74, 6) is -1.86. The van der Waals surface area contributed by atoms with Gasteiger partial charge in [-0.25, -0.2) is 22.5 Å². The van der Waals surface area contributed by atoms with Gasteiger partial charge < -0.3 is 16.0 Å². The van der Waals surface area contributed by atoms with Crippen molar-refractivity contribution >= 4 is 16.6 Å². The van der Waals surface area contributed by atoms with E-state index in [0.717, 1.165) is 24.4 Å². The van der Waals surface area contributed by atoms with Gasteiger partial charge in [-0.3, -0.25) is 0 Å². The van der Waals surface area contributed by atoms with Gasteiger partial charge in [0, 0.05) is 30.5 Å². The van der Waals surface area contributed by atoms with Gasteiger partial charge in [-0.05, 0) is 13.0 Å². The Labute approximate surface area is 123 Å². The minimum Gasteiger partial charge on any atom is -0.404 e. The van der Waals surface area contributed by atoms with Crippen molar-refractivity contribution in [3.8, 4) is 0 Å². The van der Waals surface area contributed by atoms with Crippen LogP contribution in [-0.4, -0.2) is 16.0 Å². The van der Waals surface area contributed by atoms with Crippen LogP contribution in [0.1, 0.15) is 12.7 Å². The quantitative estimate of drug-likeness (QED) is 0.673. The zero-order valence-corrected chi connectivity index (χ0v) is 11.7. The van der Waals surface area contributed by atoms with Crippen LogP contribution in [0.25, 0.3) is 16.6 Å². The van der Waals surface area contributed by atoms with E-state index in [1.807, 2.05) is 0 Å². The molecule has 0 aliphatic carbocycles. The lowest BCUT2D eigenvalue weighted by molar-refractivity contribution is 0.188. The second-order valence-electron chi connectivity index (χ2n) is 4.50. The van der Waals surface area contributed by atoms with E-state index in [9.17, 15) is 17.6 Å². The fraction of sp³-hybridized carbons (Fsp3) is 0.214. The van der Waals surface area contributed by atoms with Crippen LogP contribution in [0.15, 0.2) is 30.1 Å². The highest BCUT2D eigenvalue weighted by molar-refractivity contribution is 5.82. The third-order valence-electron chi connectivity index (χ3n) is 3.12. The van der Waals surface area contributed by atoms with Crippen LogP contribution in [-0.2, 0) is 6.54 Å². The number of imidazole rings is 1. The highest BCUT2D eigenvalue weighted by Gasteiger charge is 2.17. The van der Waals surface area contributed by atoms with E-state index < -0.39 is 23.8 Å². The van der Waals surface area contributed by atoms with Crippen LogP contribution in [0, 0.1) is 11.6 Å². The lowest BCUT2D eigenvalue weighted by Gasteiger charge is -2.07. The molecule has 0 amide bonds. The average Bonchev–Trinajstić information content (AvgIpc) is 2.82. The first-order valence-electron chi connectivity index (χ1n) is 6.41. The van der Waals surface area contributed by atoms with Gasteiger partial charge in [0.15, 0.2) is 11.6 Å². The first-order chi connectivity index (χ1) is 10.4. The summed E-state index contributed by atoms with van der Waals surface area (Å²) < 4.78 is 53.3. The Morgan fingerprint density at radius 2 is 1.95 bits per heavy atom. The Morgan fingerprint density at radius 1 is 1.32 bits per heavy atom. The fourth-order valence-corrected chi connectivity index (χ4v) is 2.09. The summed E-state index contributed by atoms with van der Waals surface area (Å²) in [5.41, 5.74) is 10.7. The molecule has 2 aromatic rings. The summed E-state index contributed by atoms with van der Waals surface area (Å²) in [6.07, 6.45) is -0.788. The van der Waals surface area contributed by atoms with Gasteiger partial charge in [0.05, 0.1) is 16.7 Å². The second kappa shape index (κ2) is 6.08. The second-order valence-corrected chi connectivity index (χ2v) is 4.50. The average molecular weight is 314 g/mol. The van der Waals surface area contributed by atoms with E-state index in [-0.39, 0.29) is 16.9 Å². The molecule has 8 heteroatoms.